The summed E-state index contributed by atoms with van der Waals surface area (Å²) in [7, 11) is 0. The average Bonchev–Trinajstić information content (AvgIpc) is 2.50. The summed E-state index contributed by atoms with van der Waals surface area (Å²) in [6, 6.07) is 5.11. The number of nitrogens with zero attached hydrogens (tertiary/aromatic N) is 2. The van der Waals surface area contributed by atoms with Gasteiger partial charge >= 0.3 is 6.03 Å². The lowest BCUT2D eigenvalue weighted by Gasteiger charge is -2.35. The molecule has 0 spiro atoms. The SMILES string of the molecule is CC(C)CCN1CCN(C(=O)Nc2cccc(Cl)c2Cl)CC1. The Balaban J connectivity index is 1.84. The summed E-state index contributed by atoms with van der Waals surface area (Å²) in [5.41, 5.74) is 0.557. The van der Waals surface area contributed by atoms with Crippen molar-refractivity contribution in [2.24, 2.45) is 5.92 Å². The van der Waals surface area contributed by atoms with E-state index in [9.17, 15) is 4.79 Å². The molecule has 1 N–H and O–H groups in total. The minimum Gasteiger partial charge on any atom is -0.322 e. The van der Waals surface area contributed by atoms with Gasteiger partial charge in [0.15, 0.2) is 0 Å². The summed E-state index contributed by atoms with van der Waals surface area (Å²) in [5, 5.41) is 3.66. The largest absolute Gasteiger partial charge is 0.322 e. The van der Waals surface area contributed by atoms with Gasteiger partial charge in [0.1, 0.15) is 0 Å². The normalized spacial score (nSPS) is 16.1. The summed E-state index contributed by atoms with van der Waals surface area (Å²) in [5.74, 6) is 0.714. The minimum absolute atomic E-state index is 0.118. The van der Waals surface area contributed by atoms with E-state index >= 15 is 0 Å². The summed E-state index contributed by atoms with van der Waals surface area (Å²) in [4.78, 5) is 16.5. The maximum Gasteiger partial charge on any atom is 0.321 e. The van der Waals surface area contributed by atoms with Gasteiger partial charge in [0.2, 0.25) is 0 Å². The van der Waals surface area contributed by atoms with E-state index in [-0.39, 0.29) is 6.03 Å². The summed E-state index contributed by atoms with van der Waals surface area (Å²) < 4.78 is 0. The van der Waals surface area contributed by atoms with Crippen LogP contribution in [0.5, 0.6) is 0 Å². The van der Waals surface area contributed by atoms with Gasteiger partial charge in [0.25, 0.3) is 0 Å². The lowest BCUT2D eigenvalue weighted by Crippen LogP contribution is -2.50. The maximum atomic E-state index is 12.3. The van der Waals surface area contributed by atoms with Gasteiger partial charge in [0.05, 0.1) is 15.7 Å². The monoisotopic (exact) mass is 343 g/mol. The highest BCUT2D eigenvalue weighted by Gasteiger charge is 2.21. The third-order valence-corrected chi connectivity index (χ3v) is 4.69. The van der Waals surface area contributed by atoms with Crippen molar-refractivity contribution < 1.29 is 4.79 Å². The Hall–Kier alpha value is -0.970. The van der Waals surface area contributed by atoms with E-state index in [1.54, 1.807) is 18.2 Å². The molecule has 0 saturated carbocycles. The molecular formula is C16H23Cl2N3O. The van der Waals surface area contributed by atoms with Crippen molar-refractivity contribution in [3.63, 3.8) is 0 Å². The van der Waals surface area contributed by atoms with Crippen LogP contribution in [0.3, 0.4) is 0 Å². The van der Waals surface area contributed by atoms with Gasteiger partial charge in [-0.3, -0.25) is 4.90 Å². The van der Waals surface area contributed by atoms with Crippen LogP contribution in [-0.4, -0.2) is 48.6 Å². The van der Waals surface area contributed by atoms with E-state index < -0.39 is 0 Å². The summed E-state index contributed by atoms with van der Waals surface area (Å²) in [6.45, 7) is 8.89. The number of piperazine rings is 1. The number of carbonyl (C=O) groups excluding carboxylic acids is 1. The zero-order chi connectivity index (χ0) is 16.1. The van der Waals surface area contributed by atoms with Crippen molar-refractivity contribution in [3.8, 4) is 0 Å². The number of halogens is 2. The van der Waals surface area contributed by atoms with Crippen molar-refractivity contribution in [3.05, 3.63) is 28.2 Å². The molecule has 1 aliphatic rings. The van der Waals surface area contributed by atoms with Gasteiger partial charge < -0.3 is 10.2 Å². The average molecular weight is 344 g/mol. The van der Waals surface area contributed by atoms with Gasteiger partial charge in [-0.1, -0.05) is 43.1 Å². The van der Waals surface area contributed by atoms with Crippen LogP contribution >= 0.6 is 23.2 Å². The zero-order valence-electron chi connectivity index (χ0n) is 13.1. The molecule has 122 valence electrons. The lowest BCUT2D eigenvalue weighted by molar-refractivity contribution is 0.143. The Labute approximate surface area is 142 Å². The molecule has 1 aromatic carbocycles. The molecule has 1 aliphatic heterocycles. The first-order valence-corrected chi connectivity index (χ1v) is 8.45. The molecular weight excluding hydrogens is 321 g/mol. The molecule has 0 aliphatic carbocycles. The molecule has 22 heavy (non-hydrogen) atoms. The van der Waals surface area contributed by atoms with Crippen LogP contribution in [0.2, 0.25) is 10.0 Å². The van der Waals surface area contributed by atoms with Crippen molar-refractivity contribution >= 4 is 34.9 Å². The molecule has 2 amide bonds. The Morgan fingerprint density at radius 1 is 1.23 bits per heavy atom. The van der Waals surface area contributed by atoms with Crippen LogP contribution in [0, 0.1) is 5.92 Å². The van der Waals surface area contributed by atoms with Crippen molar-refractivity contribution in [2.45, 2.75) is 20.3 Å². The highest BCUT2D eigenvalue weighted by Crippen LogP contribution is 2.29. The van der Waals surface area contributed by atoms with Crippen molar-refractivity contribution in [1.29, 1.82) is 0 Å². The summed E-state index contributed by atoms with van der Waals surface area (Å²) >= 11 is 12.1. The third-order valence-electron chi connectivity index (χ3n) is 3.88. The van der Waals surface area contributed by atoms with Gasteiger partial charge in [-0.15, -0.1) is 0 Å². The van der Waals surface area contributed by atoms with Crippen molar-refractivity contribution in [2.75, 3.05) is 38.0 Å². The van der Waals surface area contributed by atoms with Crippen LogP contribution < -0.4 is 5.32 Å². The highest BCUT2D eigenvalue weighted by molar-refractivity contribution is 6.43. The lowest BCUT2D eigenvalue weighted by atomic mass is 10.1. The number of benzene rings is 1. The molecule has 0 aromatic heterocycles. The minimum atomic E-state index is -0.118. The molecule has 4 nitrogen and oxygen atoms in total. The highest BCUT2D eigenvalue weighted by atomic mass is 35.5. The predicted molar refractivity (Wildman–Crippen MR) is 92.9 cm³/mol. The van der Waals surface area contributed by atoms with Gasteiger partial charge in [-0.25, -0.2) is 4.79 Å². The molecule has 0 bridgehead atoms. The van der Waals surface area contributed by atoms with Gasteiger partial charge in [0, 0.05) is 26.2 Å². The Kier molecular flexibility index (Phi) is 6.36. The van der Waals surface area contributed by atoms with E-state index in [2.05, 4.69) is 24.1 Å². The molecule has 1 heterocycles. The Morgan fingerprint density at radius 2 is 1.91 bits per heavy atom. The summed E-state index contributed by atoms with van der Waals surface area (Å²) in [6.07, 6.45) is 1.20. The number of nitrogens with one attached hydrogen (secondary N) is 1. The molecule has 0 unspecified atom stereocenters. The third kappa shape index (κ3) is 4.77. The van der Waals surface area contributed by atoms with Crippen LogP contribution in [-0.2, 0) is 0 Å². The van der Waals surface area contributed by atoms with E-state index in [4.69, 9.17) is 23.2 Å². The molecule has 0 atom stereocenters. The fourth-order valence-corrected chi connectivity index (χ4v) is 2.76. The van der Waals surface area contributed by atoms with Crippen LogP contribution in [0.1, 0.15) is 20.3 Å². The first-order chi connectivity index (χ1) is 10.5. The number of anilines is 1. The molecule has 0 radical (unpaired) electrons. The van der Waals surface area contributed by atoms with E-state index in [0.29, 0.717) is 21.7 Å². The second kappa shape index (κ2) is 8.04. The molecule has 1 fully saturated rings. The Bertz CT molecular complexity index is 514. The molecule has 1 aromatic rings. The van der Waals surface area contributed by atoms with Gasteiger partial charge in [-0.2, -0.15) is 0 Å². The zero-order valence-corrected chi connectivity index (χ0v) is 14.6. The number of hydrogen-bond acceptors (Lipinski definition) is 2. The maximum absolute atomic E-state index is 12.3. The predicted octanol–water partition coefficient (Wildman–Crippen LogP) is 4.19. The fraction of sp³-hybridized carbons (Fsp3) is 0.562. The second-order valence-corrected chi connectivity index (χ2v) is 6.83. The molecule has 2 rings (SSSR count). The van der Waals surface area contributed by atoms with Crippen molar-refractivity contribution in [1.82, 2.24) is 9.80 Å². The van der Waals surface area contributed by atoms with Crippen LogP contribution in [0.4, 0.5) is 10.5 Å². The number of amides is 2. The molecule has 1 saturated heterocycles. The van der Waals surface area contributed by atoms with E-state index in [1.165, 1.54) is 6.42 Å². The quantitative estimate of drug-likeness (QED) is 0.889. The van der Waals surface area contributed by atoms with E-state index in [1.807, 2.05) is 4.90 Å². The standard InChI is InChI=1S/C16H23Cl2N3O/c1-12(2)6-7-20-8-10-21(11-9-20)16(22)19-14-5-3-4-13(17)15(14)18/h3-5,12H,6-11H2,1-2H3,(H,19,22). The molecule has 6 heteroatoms. The van der Waals surface area contributed by atoms with Crippen LogP contribution in [0.15, 0.2) is 18.2 Å². The van der Waals surface area contributed by atoms with Crippen LogP contribution in [0.25, 0.3) is 0 Å². The first kappa shape index (κ1) is 17.4. The topological polar surface area (TPSA) is 35.6 Å². The number of urea groups is 1. The van der Waals surface area contributed by atoms with Gasteiger partial charge in [-0.05, 0) is 31.0 Å². The number of rotatable bonds is 4. The second-order valence-electron chi connectivity index (χ2n) is 6.04. The first-order valence-electron chi connectivity index (χ1n) is 7.69. The van der Waals surface area contributed by atoms with E-state index in [0.717, 1.165) is 32.7 Å². The Morgan fingerprint density at radius 3 is 2.55 bits per heavy atom. The number of carbonyl (C=O) groups is 1. The smallest absolute Gasteiger partial charge is 0.321 e. The number of hydrogen-bond donors (Lipinski definition) is 1. The fourth-order valence-electron chi connectivity index (χ4n) is 2.41.